The van der Waals surface area contributed by atoms with Gasteiger partial charge in [0.2, 0.25) is 0 Å². The zero-order valence-corrected chi connectivity index (χ0v) is 17.0. The van der Waals surface area contributed by atoms with Crippen molar-refractivity contribution in [3.63, 3.8) is 0 Å². The van der Waals surface area contributed by atoms with Gasteiger partial charge in [-0.05, 0) is 36.7 Å². The van der Waals surface area contributed by atoms with Crippen LogP contribution in [-0.2, 0) is 19.1 Å². The van der Waals surface area contributed by atoms with Crippen LogP contribution in [0.2, 0.25) is 0 Å². The normalized spacial score (nSPS) is 35.6. The zero-order valence-electron chi connectivity index (χ0n) is 17.0. The molecule has 0 bridgehead atoms. The number of carbonyl (C=O) groups excluding carboxylic acids is 2. The van der Waals surface area contributed by atoms with Crippen LogP contribution in [-0.4, -0.2) is 35.4 Å². The first-order valence-corrected chi connectivity index (χ1v) is 10.5. The molecule has 0 fully saturated rings. The fourth-order valence-corrected chi connectivity index (χ4v) is 4.54. The number of hydrogen-bond acceptors (Lipinski definition) is 5. The Balaban J connectivity index is 1.75. The Labute approximate surface area is 167 Å². The largest absolute Gasteiger partial charge is 0.461 e. The van der Waals surface area contributed by atoms with Gasteiger partial charge >= 0.3 is 11.9 Å². The Morgan fingerprint density at radius 2 is 2.14 bits per heavy atom. The molecule has 0 spiro atoms. The number of cyclic esters (lactones) is 1. The highest BCUT2D eigenvalue weighted by atomic mass is 16.5. The summed E-state index contributed by atoms with van der Waals surface area (Å²) in [6.07, 6.45) is 12.1. The van der Waals surface area contributed by atoms with Gasteiger partial charge in [-0.15, -0.1) is 0 Å². The van der Waals surface area contributed by atoms with E-state index in [1.807, 2.05) is 26.0 Å². The first-order valence-electron chi connectivity index (χ1n) is 10.5. The van der Waals surface area contributed by atoms with Crippen molar-refractivity contribution in [2.45, 2.75) is 71.2 Å². The molecule has 0 amide bonds. The van der Waals surface area contributed by atoms with E-state index in [-0.39, 0.29) is 41.9 Å². The smallest absolute Gasteiger partial charge is 0.330 e. The topological polar surface area (TPSA) is 72.8 Å². The lowest BCUT2D eigenvalue weighted by Gasteiger charge is -2.43. The Bertz CT molecular complexity index is 676. The van der Waals surface area contributed by atoms with Gasteiger partial charge in [-0.25, -0.2) is 4.79 Å². The maximum absolute atomic E-state index is 12.4. The van der Waals surface area contributed by atoms with E-state index in [0.29, 0.717) is 12.3 Å². The van der Waals surface area contributed by atoms with Crippen LogP contribution < -0.4 is 0 Å². The summed E-state index contributed by atoms with van der Waals surface area (Å²) in [6, 6.07) is 0. The quantitative estimate of drug-likeness (QED) is 0.702. The molecule has 1 aliphatic heterocycles. The molecule has 2 aliphatic carbocycles. The molecular weight excluding hydrogens is 356 g/mol. The second-order valence-corrected chi connectivity index (χ2v) is 8.44. The summed E-state index contributed by atoms with van der Waals surface area (Å²) in [5.41, 5.74) is 1.06. The van der Waals surface area contributed by atoms with Gasteiger partial charge in [-0.2, -0.15) is 0 Å². The molecular formula is C23H32O5. The van der Waals surface area contributed by atoms with Crippen molar-refractivity contribution in [1.82, 2.24) is 0 Å². The fourth-order valence-electron chi connectivity index (χ4n) is 4.54. The van der Waals surface area contributed by atoms with Gasteiger partial charge in [0.15, 0.2) is 0 Å². The molecule has 3 aliphatic rings. The van der Waals surface area contributed by atoms with E-state index < -0.39 is 6.10 Å². The maximum Gasteiger partial charge on any atom is 0.330 e. The van der Waals surface area contributed by atoms with Crippen LogP contribution in [0.1, 0.15) is 52.9 Å². The molecule has 0 aromatic carbocycles. The molecule has 28 heavy (non-hydrogen) atoms. The number of carbonyl (C=O) groups is 2. The predicted octanol–water partition coefficient (Wildman–Crippen LogP) is 3.73. The molecule has 0 radical (unpaired) electrons. The monoisotopic (exact) mass is 388 g/mol. The van der Waals surface area contributed by atoms with Crippen molar-refractivity contribution in [2.75, 3.05) is 0 Å². The summed E-state index contributed by atoms with van der Waals surface area (Å²) in [7, 11) is 0. The van der Waals surface area contributed by atoms with Crippen molar-refractivity contribution >= 4 is 11.9 Å². The van der Waals surface area contributed by atoms with Gasteiger partial charge in [0.25, 0.3) is 0 Å². The SMILES string of the molecule is CC[C@H](C)C(=O)O[C@H]1C[C@H](O)C=C2C=C[C@H](C)[C@H](CC[C@H]3CC=CC(=O)O3)[C@H]21. The van der Waals surface area contributed by atoms with Crippen molar-refractivity contribution < 1.29 is 24.2 Å². The number of fused-ring (bicyclic) bond motifs is 1. The predicted molar refractivity (Wildman–Crippen MR) is 106 cm³/mol. The van der Waals surface area contributed by atoms with E-state index in [1.165, 1.54) is 6.08 Å². The summed E-state index contributed by atoms with van der Waals surface area (Å²) in [6.45, 7) is 6.04. The zero-order chi connectivity index (χ0) is 20.3. The minimum atomic E-state index is -0.593. The number of allylic oxidation sites excluding steroid dienone is 2. The number of rotatable bonds is 6. The van der Waals surface area contributed by atoms with E-state index in [0.717, 1.165) is 31.3 Å². The molecule has 1 N–H and O–H groups in total. The standard InChI is InChI=1S/C23H32O5/c1-4-14(2)23(26)28-20-13-17(24)12-16-9-8-15(3)19(22(16)20)11-10-18-6-5-7-21(25)27-18/h5,7-9,12,14-15,17-20,22,24H,4,6,10-11,13H2,1-3H3/t14-,15-,17+,18+,19-,20-,22-/m0/s1. The second-order valence-electron chi connectivity index (χ2n) is 8.44. The van der Waals surface area contributed by atoms with E-state index in [1.54, 1.807) is 0 Å². The highest BCUT2D eigenvalue weighted by Gasteiger charge is 2.42. The first kappa shape index (κ1) is 20.8. The van der Waals surface area contributed by atoms with Crippen molar-refractivity contribution in [3.8, 4) is 0 Å². The highest BCUT2D eigenvalue weighted by molar-refractivity contribution is 5.82. The Morgan fingerprint density at radius 3 is 2.86 bits per heavy atom. The molecule has 0 aromatic heterocycles. The average molecular weight is 389 g/mol. The minimum Gasteiger partial charge on any atom is -0.461 e. The molecule has 5 nitrogen and oxygen atoms in total. The van der Waals surface area contributed by atoms with Gasteiger partial charge in [0.05, 0.1) is 12.0 Å². The van der Waals surface area contributed by atoms with E-state index in [4.69, 9.17) is 9.47 Å². The molecule has 0 unspecified atom stereocenters. The number of aliphatic hydroxyl groups excluding tert-OH is 1. The lowest BCUT2D eigenvalue weighted by Crippen LogP contribution is -2.43. The van der Waals surface area contributed by atoms with Gasteiger partial charge in [0.1, 0.15) is 12.2 Å². The Hall–Kier alpha value is -1.88. The third-order valence-electron chi connectivity index (χ3n) is 6.41. The average Bonchev–Trinajstić information content (AvgIpc) is 2.66. The molecule has 0 saturated carbocycles. The molecule has 154 valence electrons. The van der Waals surface area contributed by atoms with Gasteiger partial charge in [-0.3, -0.25) is 4.79 Å². The molecule has 1 heterocycles. The molecule has 3 rings (SSSR count). The van der Waals surface area contributed by atoms with Crippen LogP contribution in [0, 0.1) is 23.7 Å². The lowest BCUT2D eigenvalue weighted by molar-refractivity contribution is -0.159. The third kappa shape index (κ3) is 4.75. The van der Waals surface area contributed by atoms with Gasteiger partial charge in [-0.1, -0.05) is 45.1 Å². The first-order chi connectivity index (χ1) is 13.4. The van der Waals surface area contributed by atoms with E-state index in [2.05, 4.69) is 19.1 Å². The highest BCUT2D eigenvalue weighted by Crippen LogP contribution is 2.44. The molecule has 0 saturated heterocycles. The van der Waals surface area contributed by atoms with E-state index >= 15 is 0 Å². The van der Waals surface area contributed by atoms with Crippen molar-refractivity contribution in [2.24, 2.45) is 23.7 Å². The van der Waals surface area contributed by atoms with Crippen molar-refractivity contribution in [1.29, 1.82) is 0 Å². The molecule has 5 heteroatoms. The van der Waals surface area contributed by atoms with Crippen LogP contribution in [0.15, 0.2) is 36.0 Å². The summed E-state index contributed by atoms with van der Waals surface area (Å²) >= 11 is 0. The van der Waals surface area contributed by atoms with Crippen molar-refractivity contribution in [3.05, 3.63) is 36.0 Å². The minimum absolute atomic E-state index is 0.0752. The summed E-state index contributed by atoms with van der Waals surface area (Å²) in [4.78, 5) is 24.0. The third-order valence-corrected chi connectivity index (χ3v) is 6.41. The number of ether oxygens (including phenoxy) is 2. The number of aliphatic hydroxyl groups is 1. The van der Waals surface area contributed by atoms with Gasteiger partial charge < -0.3 is 14.6 Å². The summed E-state index contributed by atoms with van der Waals surface area (Å²) < 4.78 is 11.3. The van der Waals surface area contributed by atoms with Crippen LogP contribution in [0.25, 0.3) is 0 Å². The van der Waals surface area contributed by atoms with Crippen LogP contribution in [0.5, 0.6) is 0 Å². The van der Waals surface area contributed by atoms with Crippen LogP contribution >= 0.6 is 0 Å². The van der Waals surface area contributed by atoms with E-state index in [9.17, 15) is 14.7 Å². The molecule has 7 atom stereocenters. The molecule has 0 aromatic rings. The Kier molecular flexibility index (Phi) is 6.76. The lowest BCUT2D eigenvalue weighted by atomic mass is 9.66. The summed E-state index contributed by atoms with van der Waals surface area (Å²) in [5.74, 6) is 0.0872. The number of hydrogen-bond donors (Lipinski definition) is 1. The fraction of sp³-hybridized carbons (Fsp3) is 0.652. The second kappa shape index (κ2) is 9.08. The number of esters is 2. The summed E-state index contributed by atoms with van der Waals surface area (Å²) in [5, 5.41) is 10.3. The van der Waals surface area contributed by atoms with Gasteiger partial charge in [0, 0.05) is 24.8 Å². The Morgan fingerprint density at radius 1 is 1.36 bits per heavy atom. The van der Waals surface area contributed by atoms with Crippen LogP contribution in [0.3, 0.4) is 0 Å². The van der Waals surface area contributed by atoms with Crippen LogP contribution in [0.4, 0.5) is 0 Å². The maximum atomic E-state index is 12.4.